The number of amidine groups is 1. The molecule has 1 aliphatic heterocycles. The number of pyridine rings is 1. The van der Waals surface area contributed by atoms with Gasteiger partial charge in [-0.25, -0.2) is 22.6 Å². The summed E-state index contributed by atoms with van der Waals surface area (Å²) < 4.78 is 39.1. The highest BCUT2D eigenvalue weighted by Gasteiger charge is 2.17. The monoisotopic (exact) mass is 380 g/mol. The summed E-state index contributed by atoms with van der Waals surface area (Å²) in [5, 5.41) is 14.5. The van der Waals surface area contributed by atoms with Gasteiger partial charge >= 0.3 is 0 Å². The number of aromatic nitrogens is 1. The van der Waals surface area contributed by atoms with Gasteiger partial charge in [0.15, 0.2) is 5.84 Å². The number of hydrogen-bond donors (Lipinski definition) is 4. The second-order valence-corrected chi connectivity index (χ2v) is 7.12. The van der Waals surface area contributed by atoms with Crippen LogP contribution < -0.4 is 15.7 Å². The smallest absolute Gasteiger partial charge is 0.240 e. The SMILES string of the molecule is O=S(=O)(NCCO)c1ccc(C2=NN(Cc3ccc(F)cn3)NN2)cc1. The molecule has 1 aromatic carbocycles. The van der Waals surface area contributed by atoms with Gasteiger partial charge in [-0.05, 0) is 36.4 Å². The highest BCUT2D eigenvalue weighted by Crippen LogP contribution is 2.12. The molecule has 0 aliphatic carbocycles. The third kappa shape index (κ3) is 4.32. The minimum Gasteiger partial charge on any atom is -0.395 e. The molecule has 0 atom stereocenters. The molecule has 138 valence electrons. The first kappa shape index (κ1) is 18.2. The Morgan fingerprint density at radius 1 is 1.19 bits per heavy atom. The predicted molar refractivity (Wildman–Crippen MR) is 91.3 cm³/mol. The lowest BCUT2D eigenvalue weighted by molar-refractivity contribution is 0.194. The van der Waals surface area contributed by atoms with E-state index < -0.39 is 15.8 Å². The molecule has 26 heavy (non-hydrogen) atoms. The summed E-state index contributed by atoms with van der Waals surface area (Å²) in [5.41, 5.74) is 7.00. The van der Waals surface area contributed by atoms with Crippen LogP contribution in [-0.2, 0) is 16.6 Å². The van der Waals surface area contributed by atoms with Crippen molar-refractivity contribution in [2.45, 2.75) is 11.4 Å². The number of aliphatic hydroxyl groups is 1. The fourth-order valence-corrected chi connectivity index (χ4v) is 3.22. The van der Waals surface area contributed by atoms with Gasteiger partial charge in [-0.3, -0.25) is 10.4 Å². The predicted octanol–water partition coefficient (Wildman–Crippen LogP) is -0.322. The molecule has 0 spiro atoms. The quantitative estimate of drug-likeness (QED) is 0.520. The fraction of sp³-hybridized carbons (Fsp3) is 0.200. The standard InChI is InChI=1S/C15H17FN6O3S/c16-12-3-4-13(17-9-12)10-22-20-15(19-21-22)11-1-5-14(6-2-11)26(24,25)18-7-8-23/h1-6,9,18,21,23H,7-8,10H2,(H,19,20). The Morgan fingerprint density at radius 3 is 2.62 bits per heavy atom. The largest absolute Gasteiger partial charge is 0.395 e. The minimum atomic E-state index is -3.65. The van der Waals surface area contributed by atoms with E-state index in [2.05, 4.69) is 25.8 Å². The van der Waals surface area contributed by atoms with E-state index in [4.69, 9.17) is 5.11 Å². The van der Waals surface area contributed by atoms with Crippen molar-refractivity contribution >= 4 is 15.9 Å². The summed E-state index contributed by atoms with van der Waals surface area (Å²) in [4.78, 5) is 4.05. The van der Waals surface area contributed by atoms with Gasteiger partial charge in [0.05, 0.1) is 29.9 Å². The molecular weight excluding hydrogens is 363 g/mol. The third-order valence-electron chi connectivity index (χ3n) is 3.47. The molecule has 3 rings (SSSR count). The van der Waals surface area contributed by atoms with Gasteiger partial charge in [-0.2, -0.15) is 0 Å². The highest BCUT2D eigenvalue weighted by atomic mass is 32.2. The van der Waals surface area contributed by atoms with Crippen molar-refractivity contribution in [3.05, 3.63) is 59.7 Å². The maximum atomic E-state index is 12.9. The van der Waals surface area contributed by atoms with E-state index in [-0.39, 0.29) is 18.0 Å². The van der Waals surface area contributed by atoms with E-state index in [1.54, 1.807) is 18.2 Å². The van der Waals surface area contributed by atoms with Crippen LogP contribution in [0.3, 0.4) is 0 Å². The number of sulfonamides is 1. The lowest BCUT2D eigenvalue weighted by atomic mass is 10.2. The molecule has 0 radical (unpaired) electrons. The van der Waals surface area contributed by atoms with E-state index >= 15 is 0 Å². The van der Waals surface area contributed by atoms with Crippen LogP contribution in [0.5, 0.6) is 0 Å². The third-order valence-corrected chi connectivity index (χ3v) is 4.94. The average molecular weight is 380 g/mol. The Bertz CT molecular complexity index is 887. The Kier molecular flexibility index (Phi) is 5.42. The molecule has 0 unspecified atom stereocenters. The van der Waals surface area contributed by atoms with Crippen molar-refractivity contribution in [1.29, 1.82) is 0 Å². The number of nitrogens with one attached hydrogen (secondary N) is 3. The van der Waals surface area contributed by atoms with Crippen LogP contribution >= 0.6 is 0 Å². The molecule has 0 saturated carbocycles. The fourth-order valence-electron chi connectivity index (χ4n) is 2.20. The van der Waals surface area contributed by atoms with Crippen molar-refractivity contribution in [3.8, 4) is 0 Å². The Morgan fingerprint density at radius 2 is 1.96 bits per heavy atom. The Hall–Kier alpha value is -2.60. The van der Waals surface area contributed by atoms with Gasteiger partial charge in [0.1, 0.15) is 5.82 Å². The maximum Gasteiger partial charge on any atom is 0.240 e. The number of rotatable bonds is 7. The number of hydrazine groups is 2. The molecular formula is C15H17FN6O3S. The zero-order valence-corrected chi connectivity index (χ0v) is 14.4. The summed E-state index contributed by atoms with van der Waals surface area (Å²) in [6, 6.07) is 9.00. The van der Waals surface area contributed by atoms with E-state index in [1.807, 2.05) is 0 Å². The van der Waals surface area contributed by atoms with E-state index in [0.29, 0.717) is 23.6 Å². The topological polar surface area (TPSA) is 119 Å². The van der Waals surface area contributed by atoms with Gasteiger partial charge in [-0.1, -0.05) is 0 Å². The van der Waals surface area contributed by atoms with E-state index in [0.717, 1.165) is 6.20 Å². The van der Waals surface area contributed by atoms with Gasteiger partial charge < -0.3 is 5.11 Å². The van der Waals surface area contributed by atoms with Crippen molar-refractivity contribution in [2.75, 3.05) is 13.2 Å². The lowest BCUT2D eigenvalue weighted by Crippen LogP contribution is -2.38. The van der Waals surface area contributed by atoms with E-state index in [9.17, 15) is 12.8 Å². The molecule has 1 aromatic heterocycles. The number of aliphatic hydroxyl groups excluding tert-OH is 1. The second-order valence-electron chi connectivity index (χ2n) is 5.36. The average Bonchev–Trinajstić information content (AvgIpc) is 3.11. The highest BCUT2D eigenvalue weighted by molar-refractivity contribution is 7.89. The van der Waals surface area contributed by atoms with Crippen LogP contribution in [0.25, 0.3) is 0 Å². The summed E-state index contributed by atoms with van der Waals surface area (Å²) in [7, 11) is -3.65. The van der Waals surface area contributed by atoms with Crippen LogP contribution in [0.1, 0.15) is 11.3 Å². The normalized spacial score (nSPS) is 14.2. The van der Waals surface area contributed by atoms with Crippen LogP contribution in [-0.4, -0.2) is 42.6 Å². The van der Waals surface area contributed by atoms with Crippen LogP contribution in [0.15, 0.2) is 52.6 Å². The first-order valence-electron chi connectivity index (χ1n) is 7.67. The zero-order chi connectivity index (χ0) is 18.6. The molecule has 0 amide bonds. The number of halogens is 1. The van der Waals surface area contributed by atoms with E-state index in [1.165, 1.54) is 23.3 Å². The summed E-state index contributed by atoms with van der Waals surface area (Å²) in [6.07, 6.45) is 1.13. The molecule has 2 aromatic rings. The Labute approximate surface area is 149 Å². The van der Waals surface area contributed by atoms with Gasteiger partial charge in [0.2, 0.25) is 10.0 Å². The zero-order valence-electron chi connectivity index (χ0n) is 13.6. The molecule has 11 heteroatoms. The molecule has 0 bridgehead atoms. The van der Waals surface area contributed by atoms with Crippen LogP contribution in [0.2, 0.25) is 0 Å². The Balaban J connectivity index is 1.68. The molecule has 1 aliphatic rings. The molecule has 2 heterocycles. The number of nitrogens with zero attached hydrogens (tertiary/aromatic N) is 3. The maximum absolute atomic E-state index is 12.9. The molecule has 0 fully saturated rings. The van der Waals surface area contributed by atoms with Gasteiger partial charge in [-0.15, -0.1) is 10.6 Å². The van der Waals surface area contributed by atoms with Gasteiger partial charge in [0, 0.05) is 12.1 Å². The minimum absolute atomic E-state index is 0.0470. The van der Waals surface area contributed by atoms with Crippen molar-refractivity contribution in [3.63, 3.8) is 0 Å². The first-order chi connectivity index (χ1) is 12.5. The number of hydrazone groups is 1. The summed E-state index contributed by atoms with van der Waals surface area (Å²) in [5.74, 6) is 0.0911. The first-order valence-corrected chi connectivity index (χ1v) is 9.15. The van der Waals surface area contributed by atoms with Crippen molar-refractivity contribution in [1.82, 2.24) is 25.8 Å². The summed E-state index contributed by atoms with van der Waals surface area (Å²) in [6.45, 7) is -0.00850. The molecule has 9 nitrogen and oxygen atoms in total. The molecule has 0 saturated heterocycles. The lowest BCUT2D eigenvalue weighted by Gasteiger charge is -2.11. The second kappa shape index (κ2) is 7.74. The summed E-state index contributed by atoms with van der Waals surface area (Å²) >= 11 is 0. The van der Waals surface area contributed by atoms with Crippen LogP contribution in [0, 0.1) is 5.82 Å². The van der Waals surface area contributed by atoms with Crippen molar-refractivity contribution < 1.29 is 17.9 Å². The van der Waals surface area contributed by atoms with Crippen LogP contribution in [0.4, 0.5) is 4.39 Å². The number of benzene rings is 1. The van der Waals surface area contributed by atoms with Crippen molar-refractivity contribution in [2.24, 2.45) is 5.10 Å². The molecule has 4 N–H and O–H groups in total. The number of hydrogen-bond acceptors (Lipinski definition) is 8. The van der Waals surface area contributed by atoms with Gasteiger partial charge in [0.25, 0.3) is 0 Å².